The van der Waals surface area contributed by atoms with E-state index in [9.17, 15) is 9.90 Å². The van der Waals surface area contributed by atoms with Crippen molar-refractivity contribution >= 4 is 16.9 Å². The fourth-order valence-corrected chi connectivity index (χ4v) is 2.79. The lowest BCUT2D eigenvalue weighted by Crippen LogP contribution is -2.38. The van der Waals surface area contributed by atoms with Crippen molar-refractivity contribution in [2.24, 2.45) is 13.0 Å². The van der Waals surface area contributed by atoms with E-state index in [0.717, 1.165) is 17.5 Å². The summed E-state index contributed by atoms with van der Waals surface area (Å²) in [6, 6.07) is 7.99. The maximum Gasteiger partial charge on any atom is 0.244 e. The lowest BCUT2D eigenvalue weighted by molar-refractivity contribution is -0.645. The van der Waals surface area contributed by atoms with Crippen LogP contribution in [0.5, 0.6) is 0 Å². The molecule has 5 nitrogen and oxygen atoms in total. The van der Waals surface area contributed by atoms with Crippen molar-refractivity contribution in [3.05, 3.63) is 30.6 Å². The predicted octanol–water partition coefficient (Wildman–Crippen LogP) is 1.38. The van der Waals surface area contributed by atoms with Crippen LogP contribution in [-0.4, -0.2) is 28.2 Å². The molecule has 2 aromatic rings. The molecule has 0 aliphatic heterocycles. The van der Waals surface area contributed by atoms with Crippen molar-refractivity contribution in [1.82, 2.24) is 9.88 Å². The van der Waals surface area contributed by atoms with Crippen LogP contribution in [0.3, 0.4) is 0 Å². The number of hydrogen-bond acceptors (Lipinski definition) is 2. The van der Waals surface area contributed by atoms with Crippen LogP contribution in [0.2, 0.25) is 0 Å². The van der Waals surface area contributed by atoms with Crippen LogP contribution in [0.25, 0.3) is 11.0 Å². The first-order chi connectivity index (χ1) is 10.5. The molecule has 120 valence electrons. The largest absolute Gasteiger partial charge is 0.394 e. The molecule has 0 saturated carbocycles. The van der Waals surface area contributed by atoms with Gasteiger partial charge in [0.05, 0.1) is 32.7 Å². The number of rotatable bonds is 7. The number of benzene rings is 1. The van der Waals surface area contributed by atoms with Crippen molar-refractivity contribution in [3.8, 4) is 0 Å². The number of aliphatic hydroxyl groups is 1. The summed E-state index contributed by atoms with van der Waals surface area (Å²) in [5.41, 5.74) is 2.27. The van der Waals surface area contributed by atoms with E-state index >= 15 is 0 Å². The number of aryl methyl sites for hydroxylation is 2. The SMILES string of the molecule is CC(C)C[C@@H](CO)NC(=O)CCn1c[n+](C)c2ccccc21. The van der Waals surface area contributed by atoms with Crippen molar-refractivity contribution < 1.29 is 14.5 Å². The Bertz CT molecular complexity index is 634. The Morgan fingerprint density at radius 1 is 1.36 bits per heavy atom. The predicted molar refractivity (Wildman–Crippen MR) is 86.2 cm³/mol. The van der Waals surface area contributed by atoms with Crippen LogP contribution >= 0.6 is 0 Å². The van der Waals surface area contributed by atoms with Crippen LogP contribution in [0.1, 0.15) is 26.7 Å². The van der Waals surface area contributed by atoms with Gasteiger partial charge in [0.15, 0.2) is 11.0 Å². The molecule has 0 bridgehead atoms. The molecule has 22 heavy (non-hydrogen) atoms. The molecule has 0 spiro atoms. The van der Waals surface area contributed by atoms with Gasteiger partial charge in [0.25, 0.3) is 0 Å². The molecule has 1 atom stereocenters. The Morgan fingerprint density at radius 3 is 2.77 bits per heavy atom. The molecule has 0 unspecified atom stereocenters. The summed E-state index contributed by atoms with van der Waals surface area (Å²) in [6.45, 7) is 4.79. The number of imidazole rings is 1. The standard InChI is InChI=1S/C17H25N3O2/c1-13(2)10-14(11-21)18-17(22)8-9-20-12-19(3)15-6-4-5-7-16(15)20/h4-7,12-14,21H,8-11H2,1-3H3/p+1/t14-/m0/s1. The van der Waals surface area contributed by atoms with Gasteiger partial charge in [0.2, 0.25) is 12.2 Å². The molecule has 0 saturated heterocycles. The number of carbonyl (C=O) groups is 1. The first-order valence-corrected chi connectivity index (χ1v) is 7.85. The fourth-order valence-electron chi connectivity index (χ4n) is 2.79. The molecule has 0 aliphatic carbocycles. The molecule has 2 rings (SSSR count). The van der Waals surface area contributed by atoms with E-state index in [1.807, 2.05) is 25.5 Å². The van der Waals surface area contributed by atoms with Crippen LogP contribution in [0, 0.1) is 5.92 Å². The summed E-state index contributed by atoms with van der Waals surface area (Å²) in [5, 5.41) is 12.2. The van der Waals surface area contributed by atoms with Gasteiger partial charge in [-0.1, -0.05) is 26.0 Å². The number of fused-ring (bicyclic) bond motifs is 1. The van der Waals surface area contributed by atoms with Gasteiger partial charge in [-0.05, 0) is 24.5 Å². The summed E-state index contributed by atoms with van der Waals surface area (Å²) in [4.78, 5) is 12.1. The third kappa shape index (κ3) is 4.07. The van der Waals surface area contributed by atoms with Crippen LogP contribution in [-0.2, 0) is 18.4 Å². The van der Waals surface area contributed by atoms with E-state index in [2.05, 4.69) is 40.4 Å². The number of aliphatic hydroxyl groups excluding tert-OH is 1. The third-order valence-electron chi connectivity index (χ3n) is 3.80. The van der Waals surface area contributed by atoms with Crippen molar-refractivity contribution in [1.29, 1.82) is 0 Å². The van der Waals surface area contributed by atoms with Crippen LogP contribution in [0.15, 0.2) is 30.6 Å². The number of carbonyl (C=O) groups excluding carboxylic acids is 1. The number of hydrogen-bond donors (Lipinski definition) is 2. The normalized spacial score (nSPS) is 12.8. The van der Waals surface area contributed by atoms with Crippen molar-refractivity contribution in [3.63, 3.8) is 0 Å². The highest BCUT2D eigenvalue weighted by atomic mass is 16.3. The second-order valence-electron chi connectivity index (χ2n) is 6.24. The monoisotopic (exact) mass is 304 g/mol. The van der Waals surface area contributed by atoms with Crippen LogP contribution in [0.4, 0.5) is 0 Å². The Balaban J connectivity index is 1.95. The molecule has 1 aromatic carbocycles. The molecule has 0 aliphatic rings. The van der Waals surface area contributed by atoms with Gasteiger partial charge in [0.1, 0.15) is 0 Å². The number of aromatic nitrogens is 2. The van der Waals surface area contributed by atoms with E-state index in [4.69, 9.17) is 0 Å². The summed E-state index contributed by atoms with van der Waals surface area (Å²) < 4.78 is 4.15. The van der Waals surface area contributed by atoms with E-state index in [1.165, 1.54) is 0 Å². The highest BCUT2D eigenvalue weighted by Crippen LogP contribution is 2.11. The van der Waals surface area contributed by atoms with Crippen molar-refractivity contribution in [2.75, 3.05) is 6.61 Å². The Labute approximate surface area is 131 Å². The molecular weight excluding hydrogens is 278 g/mol. The fraction of sp³-hybridized carbons (Fsp3) is 0.529. The minimum Gasteiger partial charge on any atom is -0.394 e. The van der Waals surface area contributed by atoms with Gasteiger partial charge >= 0.3 is 0 Å². The first-order valence-electron chi connectivity index (χ1n) is 7.85. The molecule has 0 fully saturated rings. The molecule has 1 aromatic heterocycles. The second-order valence-corrected chi connectivity index (χ2v) is 6.24. The number of para-hydroxylation sites is 2. The summed E-state index contributed by atoms with van der Waals surface area (Å²) in [5.74, 6) is 0.435. The minimum absolute atomic E-state index is 0.00860. The zero-order valence-electron chi connectivity index (χ0n) is 13.6. The maximum atomic E-state index is 12.1. The van der Waals surface area contributed by atoms with Gasteiger partial charge in [0, 0.05) is 0 Å². The third-order valence-corrected chi connectivity index (χ3v) is 3.80. The summed E-state index contributed by atoms with van der Waals surface area (Å²) in [7, 11) is 2.00. The summed E-state index contributed by atoms with van der Waals surface area (Å²) >= 11 is 0. The topological polar surface area (TPSA) is 58.1 Å². The highest BCUT2D eigenvalue weighted by molar-refractivity contribution is 5.76. The Kier molecular flexibility index (Phi) is 5.55. The lowest BCUT2D eigenvalue weighted by atomic mass is 10.0. The molecule has 5 heteroatoms. The Hall–Kier alpha value is -1.88. The number of nitrogens with one attached hydrogen (secondary N) is 1. The van der Waals surface area contributed by atoms with E-state index in [0.29, 0.717) is 18.9 Å². The zero-order chi connectivity index (χ0) is 16.1. The Morgan fingerprint density at radius 2 is 2.09 bits per heavy atom. The van der Waals surface area contributed by atoms with E-state index in [1.54, 1.807) is 0 Å². The quantitative estimate of drug-likeness (QED) is 0.759. The van der Waals surface area contributed by atoms with Gasteiger partial charge in [-0.15, -0.1) is 0 Å². The molecular formula is C17H26N3O2+. The first kappa shape index (κ1) is 16.5. The smallest absolute Gasteiger partial charge is 0.244 e. The van der Waals surface area contributed by atoms with Crippen LogP contribution < -0.4 is 9.88 Å². The average molecular weight is 304 g/mol. The zero-order valence-corrected chi connectivity index (χ0v) is 13.6. The average Bonchev–Trinajstić information content (AvgIpc) is 2.81. The van der Waals surface area contributed by atoms with Gasteiger partial charge in [-0.3, -0.25) is 4.79 Å². The second kappa shape index (κ2) is 7.40. The molecule has 0 radical (unpaired) electrons. The molecule has 1 heterocycles. The molecule has 2 N–H and O–H groups in total. The molecule has 1 amide bonds. The number of amides is 1. The lowest BCUT2D eigenvalue weighted by Gasteiger charge is -2.17. The van der Waals surface area contributed by atoms with Gasteiger partial charge < -0.3 is 10.4 Å². The maximum absolute atomic E-state index is 12.1. The number of nitrogens with zero attached hydrogens (tertiary/aromatic N) is 2. The highest BCUT2D eigenvalue weighted by Gasteiger charge is 2.16. The van der Waals surface area contributed by atoms with Gasteiger partial charge in [-0.25, -0.2) is 9.13 Å². The van der Waals surface area contributed by atoms with Crippen molar-refractivity contribution in [2.45, 2.75) is 39.3 Å². The van der Waals surface area contributed by atoms with E-state index < -0.39 is 0 Å². The minimum atomic E-state index is -0.148. The van der Waals surface area contributed by atoms with E-state index in [-0.39, 0.29) is 18.6 Å². The summed E-state index contributed by atoms with van der Waals surface area (Å²) in [6.07, 6.45) is 3.21. The van der Waals surface area contributed by atoms with Gasteiger partial charge in [-0.2, -0.15) is 0 Å².